The number of nitro groups is 2. The van der Waals surface area contributed by atoms with Gasteiger partial charge in [-0.2, -0.15) is 0 Å². The number of esters is 1. The molecule has 3 rings (SSSR count). The number of hydrogen-bond acceptors (Lipinski definition) is 10. The SMILES string of the molecule is CCCCCC[C@@H](C)Oc1cc([N+](=O)[O-])c(-c2ccc(C(=O)Oc3cc([N+](=O)[O-])c(O[C@@H](C)CCCCCC)cc3N(C)C)cc2)cc1N(C)C. The lowest BCUT2D eigenvalue weighted by Gasteiger charge is -2.22. The molecule has 2 atom stereocenters. The average Bonchev–Trinajstić information content (AvgIpc) is 3.08. The maximum Gasteiger partial charge on any atom is 0.343 e. The Labute approximate surface area is 302 Å². The van der Waals surface area contributed by atoms with Crippen LogP contribution < -0.4 is 24.0 Å². The van der Waals surface area contributed by atoms with Gasteiger partial charge < -0.3 is 24.0 Å². The van der Waals surface area contributed by atoms with Crippen LogP contribution in [-0.4, -0.2) is 56.2 Å². The fraction of sp³-hybridized carbons (Fsp3) is 0.513. The van der Waals surface area contributed by atoms with Crippen molar-refractivity contribution >= 4 is 28.7 Å². The highest BCUT2D eigenvalue weighted by atomic mass is 16.6. The number of anilines is 2. The van der Waals surface area contributed by atoms with Crippen molar-refractivity contribution in [2.45, 2.75) is 104 Å². The van der Waals surface area contributed by atoms with Crippen LogP contribution in [0.4, 0.5) is 22.7 Å². The quantitative estimate of drug-likeness (QED) is 0.0346. The van der Waals surface area contributed by atoms with E-state index in [1.54, 1.807) is 37.2 Å². The van der Waals surface area contributed by atoms with Crippen LogP contribution in [0.15, 0.2) is 48.5 Å². The largest absolute Gasteiger partial charge is 0.488 e. The van der Waals surface area contributed by atoms with Gasteiger partial charge in [0.05, 0.1) is 56.7 Å². The maximum absolute atomic E-state index is 13.4. The van der Waals surface area contributed by atoms with E-state index in [0.29, 0.717) is 28.3 Å². The van der Waals surface area contributed by atoms with Crippen LogP contribution >= 0.6 is 0 Å². The van der Waals surface area contributed by atoms with E-state index in [1.807, 2.05) is 32.8 Å². The van der Waals surface area contributed by atoms with Crippen molar-refractivity contribution in [3.63, 3.8) is 0 Å². The van der Waals surface area contributed by atoms with Gasteiger partial charge in [-0.25, -0.2) is 4.79 Å². The molecule has 3 aromatic rings. The van der Waals surface area contributed by atoms with Gasteiger partial charge in [-0.1, -0.05) is 64.5 Å². The fourth-order valence-corrected chi connectivity index (χ4v) is 5.80. The topological polar surface area (TPSA) is 138 Å². The van der Waals surface area contributed by atoms with Gasteiger partial charge in [-0.3, -0.25) is 20.2 Å². The Morgan fingerprint density at radius 1 is 0.667 bits per heavy atom. The molecule has 12 nitrogen and oxygen atoms in total. The van der Waals surface area contributed by atoms with Crippen LogP contribution in [0.3, 0.4) is 0 Å². The number of nitrogens with zero attached hydrogens (tertiary/aromatic N) is 4. The Hall–Kier alpha value is -4.87. The molecule has 51 heavy (non-hydrogen) atoms. The number of hydrogen-bond donors (Lipinski definition) is 0. The van der Waals surface area contributed by atoms with Gasteiger partial charge in [0.2, 0.25) is 0 Å². The zero-order valence-corrected chi connectivity index (χ0v) is 31.4. The number of rotatable bonds is 21. The third-order valence-corrected chi connectivity index (χ3v) is 8.69. The van der Waals surface area contributed by atoms with Gasteiger partial charge in [0, 0.05) is 34.3 Å². The normalized spacial score (nSPS) is 12.2. The van der Waals surface area contributed by atoms with Crippen LogP contribution in [0, 0.1) is 20.2 Å². The number of nitro benzene ring substituents is 2. The predicted molar refractivity (Wildman–Crippen MR) is 203 cm³/mol. The van der Waals surface area contributed by atoms with Crippen molar-refractivity contribution in [3.05, 3.63) is 74.3 Å². The molecule has 3 aromatic carbocycles. The van der Waals surface area contributed by atoms with Gasteiger partial charge in [0.25, 0.3) is 5.69 Å². The van der Waals surface area contributed by atoms with E-state index in [4.69, 9.17) is 14.2 Å². The molecule has 0 aliphatic carbocycles. The molecule has 0 bridgehead atoms. The first-order chi connectivity index (χ1) is 24.3. The molecule has 0 saturated carbocycles. The van der Waals surface area contributed by atoms with E-state index < -0.39 is 15.8 Å². The molecule has 0 aliphatic heterocycles. The summed E-state index contributed by atoms with van der Waals surface area (Å²) in [5, 5.41) is 24.3. The highest BCUT2D eigenvalue weighted by Gasteiger charge is 2.26. The van der Waals surface area contributed by atoms with E-state index in [2.05, 4.69) is 13.8 Å². The molecule has 0 amide bonds. The summed E-state index contributed by atoms with van der Waals surface area (Å²) in [5.74, 6) is -0.197. The van der Waals surface area contributed by atoms with E-state index in [1.165, 1.54) is 30.3 Å². The van der Waals surface area contributed by atoms with Gasteiger partial charge in [0.1, 0.15) is 5.75 Å². The van der Waals surface area contributed by atoms with Gasteiger partial charge in [-0.15, -0.1) is 0 Å². The number of ether oxygens (including phenoxy) is 3. The second-order valence-corrected chi connectivity index (χ2v) is 13.5. The molecule has 0 radical (unpaired) electrons. The van der Waals surface area contributed by atoms with Crippen LogP contribution in [0.2, 0.25) is 0 Å². The zero-order valence-electron chi connectivity index (χ0n) is 31.4. The zero-order chi connectivity index (χ0) is 37.7. The predicted octanol–water partition coefficient (Wildman–Crippen LogP) is 10.00. The van der Waals surface area contributed by atoms with Crippen LogP contribution in [0.5, 0.6) is 17.2 Å². The first kappa shape index (κ1) is 40.6. The first-order valence-electron chi connectivity index (χ1n) is 17.9. The Bertz CT molecular complexity index is 1620. The monoisotopic (exact) mass is 706 g/mol. The molecule has 0 spiro atoms. The number of carbonyl (C=O) groups excluding carboxylic acids is 1. The Kier molecular flexibility index (Phi) is 15.5. The van der Waals surface area contributed by atoms with Gasteiger partial charge >= 0.3 is 11.7 Å². The van der Waals surface area contributed by atoms with Crippen molar-refractivity contribution in [2.75, 3.05) is 38.0 Å². The Morgan fingerprint density at radius 3 is 1.65 bits per heavy atom. The Balaban J connectivity index is 1.88. The molecule has 0 fully saturated rings. The molecule has 0 aliphatic rings. The highest BCUT2D eigenvalue weighted by molar-refractivity contribution is 5.93. The van der Waals surface area contributed by atoms with Crippen LogP contribution in [0.25, 0.3) is 11.1 Å². The molecule has 0 unspecified atom stereocenters. The van der Waals surface area contributed by atoms with E-state index in [0.717, 1.165) is 64.2 Å². The fourth-order valence-electron chi connectivity index (χ4n) is 5.80. The number of carbonyl (C=O) groups is 1. The minimum atomic E-state index is -0.739. The van der Waals surface area contributed by atoms with Crippen LogP contribution in [-0.2, 0) is 0 Å². The number of unbranched alkanes of at least 4 members (excludes halogenated alkanes) is 6. The third-order valence-electron chi connectivity index (χ3n) is 8.69. The average molecular weight is 707 g/mol. The third kappa shape index (κ3) is 11.6. The molecular weight excluding hydrogens is 652 g/mol. The van der Waals surface area contributed by atoms with Crippen molar-refractivity contribution in [1.82, 2.24) is 0 Å². The summed E-state index contributed by atoms with van der Waals surface area (Å²) in [4.78, 5) is 40.2. The van der Waals surface area contributed by atoms with Gasteiger partial charge in [-0.05, 0) is 63.3 Å². The van der Waals surface area contributed by atoms with Crippen molar-refractivity contribution in [2.24, 2.45) is 0 Å². The molecular formula is C39H54N4O8. The lowest BCUT2D eigenvalue weighted by atomic mass is 10.0. The summed E-state index contributed by atoms with van der Waals surface area (Å²) in [5.41, 5.74) is 1.76. The summed E-state index contributed by atoms with van der Waals surface area (Å²) >= 11 is 0. The molecule has 278 valence electrons. The first-order valence-corrected chi connectivity index (χ1v) is 17.9. The minimum absolute atomic E-state index is 0.00479. The summed E-state index contributed by atoms with van der Waals surface area (Å²) in [6, 6.07) is 12.2. The Morgan fingerprint density at radius 2 is 1.16 bits per heavy atom. The second kappa shape index (κ2) is 19.5. The van der Waals surface area contributed by atoms with Crippen molar-refractivity contribution < 1.29 is 28.9 Å². The number of benzene rings is 3. The standard InChI is InChI=1S/C39H54N4O8/c1-9-11-13-15-17-27(3)49-36-24-32(42(45)46)31(23-33(36)40(5)6)29-19-21-30(22-20-29)39(44)51-37-26-35(43(47)48)38(25-34(37)41(7)8)50-28(4)18-16-14-12-10-2/h19-28H,9-18H2,1-8H3/t27-,28+/m1/s1. The lowest BCUT2D eigenvalue weighted by molar-refractivity contribution is -0.386. The van der Waals surface area contributed by atoms with Crippen LogP contribution in [0.1, 0.15) is 102 Å². The smallest absolute Gasteiger partial charge is 0.343 e. The maximum atomic E-state index is 13.4. The molecule has 12 heteroatoms. The second-order valence-electron chi connectivity index (χ2n) is 13.5. The van der Waals surface area contributed by atoms with E-state index in [9.17, 15) is 25.0 Å². The summed E-state index contributed by atoms with van der Waals surface area (Å²) < 4.78 is 17.9. The molecule has 0 saturated heterocycles. The minimum Gasteiger partial charge on any atom is -0.488 e. The molecule has 0 N–H and O–H groups in total. The summed E-state index contributed by atoms with van der Waals surface area (Å²) in [7, 11) is 7.18. The van der Waals surface area contributed by atoms with E-state index in [-0.39, 0.29) is 40.6 Å². The molecule has 0 heterocycles. The van der Waals surface area contributed by atoms with Crippen molar-refractivity contribution in [1.29, 1.82) is 0 Å². The van der Waals surface area contributed by atoms with Crippen molar-refractivity contribution in [3.8, 4) is 28.4 Å². The lowest BCUT2D eigenvalue weighted by Crippen LogP contribution is -2.17. The summed E-state index contributed by atoms with van der Waals surface area (Å²) in [6.45, 7) is 8.16. The summed E-state index contributed by atoms with van der Waals surface area (Å²) in [6.07, 6.45) is 9.96. The highest BCUT2D eigenvalue weighted by Crippen LogP contribution is 2.42. The van der Waals surface area contributed by atoms with Gasteiger partial charge in [0.15, 0.2) is 11.5 Å². The molecule has 0 aromatic heterocycles. The van der Waals surface area contributed by atoms with E-state index >= 15 is 0 Å².